The van der Waals surface area contributed by atoms with Crippen LogP contribution in [-0.4, -0.2) is 10.1 Å². The van der Waals surface area contributed by atoms with Crippen LogP contribution in [0, 0.1) is 0 Å². The molecule has 0 radical (unpaired) electrons. The number of rotatable bonds is 3. The van der Waals surface area contributed by atoms with E-state index in [4.69, 9.17) is 10.3 Å². The maximum Gasteiger partial charge on any atom is 0.258 e. The number of hydrogen-bond donors (Lipinski definition) is 1. The molecule has 2 aromatic heterocycles. The number of aromatic nitrogens is 2. The second-order valence-corrected chi connectivity index (χ2v) is 5.89. The summed E-state index contributed by atoms with van der Waals surface area (Å²) in [5.41, 5.74) is 7.31. The summed E-state index contributed by atoms with van der Waals surface area (Å²) >= 11 is 5.04. The highest BCUT2D eigenvalue weighted by Crippen LogP contribution is 2.26. The molecule has 0 fully saturated rings. The number of nitrogens with two attached hydrogens (primary N) is 1. The molecule has 1 aromatic carbocycles. The van der Waals surface area contributed by atoms with Crippen molar-refractivity contribution in [2.24, 2.45) is 0 Å². The molecule has 0 aliphatic rings. The molecule has 6 heteroatoms. The van der Waals surface area contributed by atoms with Crippen molar-refractivity contribution in [2.45, 2.75) is 6.42 Å². The summed E-state index contributed by atoms with van der Waals surface area (Å²) in [5, 5.41) is 6.02. The van der Waals surface area contributed by atoms with E-state index in [-0.39, 0.29) is 0 Å². The van der Waals surface area contributed by atoms with E-state index in [1.54, 1.807) is 11.3 Å². The highest BCUT2D eigenvalue weighted by molar-refractivity contribution is 9.10. The molecule has 96 valence electrons. The van der Waals surface area contributed by atoms with Crippen LogP contribution in [-0.2, 0) is 6.42 Å². The third-order valence-corrected chi connectivity index (χ3v) is 4.22. The molecule has 0 amide bonds. The van der Waals surface area contributed by atoms with Crippen LogP contribution in [0.1, 0.15) is 10.7 Å². The Kier molecular flexibility index (Phi) is 3.35. The van der Waals surface area contributed by atoms with Crippen LogP contribution in [0.4, 0.5) is 5.69 Å². The zero-order chi connectivity index (χ0) is 13.2. The fourth-order valence-corrected chi connectivity index (χ4v) is 2.64. The first-order valence-corrected chi connectivity index (χ1v) is 7.30. The average molecular weight is 336 g/mol. The number of anilines is 1. The van der Waals surface area contributed by atoms with Crippen molar-refractivity contribution in [1.29, 1.82) is 0 Å². The summed E-state index contributed by atoms with van der Waals surface area (Å²) in [7, 11) is 0. The number of nitrogen functional groups attached to an aromatic ring is 1. The van der Waals surface area contributed by atoms with Gasteiger partial charge in [-0.1, -0.05) is 11.2 Å². The second-order valence-electron chi connectivity index (χ2n) is 4.01. The van der Waals surface area contributed by atoms with Crippen molar-refractivity contribution >= 4 is 33.0 Å². The largest absolute Gasteiger partial charge is 0.398 e. The molecule has 3 rings (SSSR count). The van der Waals surface area contributed by atoms with Crippen LogP contribution in [0.15, 0.2) is 44.7 Å². The third kappa shape index (κ3) is 2.69. The molecular weight excluding hydrogens is 326 g/mol. The molecule has 2 N–H and O–H groups in total. The van der Waals surface area contributed by atoms with Gasteiger partial charge in [0.25, 0.3) is 5.89 Å². The molecule has 0 bridgehead atoms. The van der Waals surface area contributed by atoms with Crippen LogP contribution in [0.2, 0.25) is 0 Å². The van der Waals surface area contributed by atoms with Crippen molar-refractivity contribution in [2.75, 3.05) is 5.73 Å². The van der Waals surface area contributed by atoms with Gasteiger partial charge in [0.05, 0.1) is 0 Å². The van der Waals surface area contributed by atoms with Crippen molar-refractivity contribution in [3.05, 3.63) is 50.9 Å². The first kappa shape index (κ1) is 12.4. The lowest BCUT2D eigenvalue weighted by Gasteiger charge is -1.99. The van der Waals surface area contributed by atoms with Gasteiger partial charge in [-0.3, -0.25) is 0 Å². The van der Waals surface area contributed by atoms with E-state index < -0.39 is 0 Å². The lowest BCUT2D eigenvalue weighted by molar-refractivity contribution is 0.424. The summed E-state index contributed by atoms with van der Waals surface area (Å²) in [5.74, 6) is 1.17. The molecule has 0 saturated carbocycles. The molecular formula is C13H10BrN3OS. The minimum Gasteiger partial charge on any atom is -0.398 e. The standard InChI is InChI=1S/C13H10BrN3OS/c14-10-4-3-8(6-11(10)15)13-16-12(17-18-13)7-9-2-1-5-19-9/h1-6H,7,15H2. The smallest absolute Gasteiger partial charge is 0.258 e. The first-order chi connectivity index (χ1) is 9.22. The Morgan fingerprint density at radius 2 is 2.21 bits per heavy atom. The molecule has 2 heterocycles. The summed E-state index contributed by atoms with van der Waals surface area (Å²) in [4.78, 5) is 5.59. The van der Waals surface area contributed by atoms with E-state index in [1.807, 2.05) is 29.6 Å². The first-order valence-electron chi connectivity index (χ1n) is 5.63. The van der Waals surface area contributed by atoms with E-state index in [9.17, 15) is 0 Å². The van der Waals surface area contributed by atoms with Gasteiger partial charge in [0.1, 0.15) is 0 Å². The Balaban J connectivity index is 1.86. The highest BCUT2D eigenvalue weighted by atomic mass is 79.9. The molecule has 4 nitrogen and oxygen atoms in total. The Bertz CT molecular complexity index is 694. The second kappa shape index (κ2) is 5.14. The van der Waals surface area contributed by atoms with E-state index in [0.29, 0.717) is 23.8 Å². The predicted molar refractivity (Wildman–Crippen MR) is 79.0 cm³/mol. The van der Waals surface area contributed by atoms with Gasteiger partial charge in [-0.2, -0.15) is 4.98 Å². The van der Waals surface area contributed by atoms with E-state index in [0.717, 1.165) is 10.0 Å². The zero-order valence-corrected chi connectivity index (χ0v) is 12.2. The molecule has 0 aliphatic heterocycles. The number of nitrogens with zero attached hydrogens (tertiary/aromatic N) is 2. The summed E-state index contributed by atoms with van der Waals surface area (Å²) < 4.78 is 6.12. The van der Waals surface area contributed by atoms with E-state index in [1.165, 1.54) is 4.88 Å². The van der Waals surface area contributed by atoms with Gasteiger partial charge >= 0.3 is 0 Å². The number of benzene rings is 1. The molecule has 0 aliphatic carbocycles. The van der Waals surface area contributed by atoms with Crippen molar-refractivity contribution in [1.82, 2.24) is 10.1 Å². The third-order valence-electron chi connectivity index (χ3n) is 2.62. The Morgan fingerprint density at radius 1 is 1.32 bits per heavy atom. The molecule has 3 aromatic rings. The van der Waals surface area contributed by atoms with Gasteiger partial charge in [0, 0.05) is 27.0 Å². The molecule has 0 spiro atoms. The predicted octanol–water partition coefficient (Wildman–Crippen LogP) is 3.73. The summed E-state index contributed by atoms with van der Waals surface area (Å²) in [6, 6.07) is 9.64. The van der Waals surface area contributed by atoms with Crippen molar-refractivity contribution in [3.8, 4) is 11.5 Å². The summed E-state index contributed by atoms with van der Waals surface area (Å²) in [6.45, 7) is 0. The normalized spacial score (nSPS) is 10.8. The monoisotopic (exact) mass is 335 g/mol. The summed E-state index contributed by atoms with van der Waals surface area (Å²) in [6.07, 6.45) is 0.688. The van der Waals surface area contributed by atoms with Crippen molar-refractivity contribution in [3.63, 3.8) is 0 Å². The van der Waals surface area contributed by atoms with Crippen LogP contribution in [0.3, 0.4) is 0 Å². The average Bonchev–Trinajstić information content (AvgIpc) is 3.05. The van der Waals surface area contributed by atoms with Gasteiger partial charge in [0.2, 0.25) is 0 Å². The van der Waals surface area contributed by atoms with Crippen molar-refractivity contribution < 1.29 is 4.52 Å². The lowest BCUT2D eigenvalue weighted by atomic mass is 10.2. The van der Waals surface area contributed by atoms with Crippen LogP contribution in [0.25, 0.3) is 11.5 Å². The maximum atomic E-state index is 5.84. The maximum absolute atomic E-state index is 5.84. The minimum absolute atomic E-state index is 0.491. The Labute approximate surface area is 122 Å². The Morgan fingerprint density at radius 3 is 2.95 bits per heavy atom. The van der Waals surface area contributed by atoms with Crippen LogP contribution < -0.4 is 5.73 Å². The van der Waals surface area contributed by atoms with Crippen LogP contribution >= 0.6 is 27.3 Å². The number of hydrogen-bond acceptors (Lipinski definition) is 5. The van der Waals surface area contributed by atoms with E-state index >= 15 is 0 Å². The quantitative estimate of drug-likeness (QED) is 0.740. The van der Waals surface area contributed by atoms with Gasteiger partial charge in [-0.15, -0.1) is 11.3 Å². The molecule has 19 heavy (non-hydrogen) atoms. The molecule has 0 atom stereocenters. The fourth-order valence-electron chi connectivity index (χ4n) is 1.69. The molecule has 0 saturated heterocycles. The topological polar surface area (TPSA) is 64.9 Å². The highest BCUT2D eigenvalue weighted by Gasteiger charge is 2.10. The SMILES string of the molecule is Nc1cc(-c2nc(Cc3cccs3)no2)ccc1Br. The van der Waals surface area contributed by atoms with Gasteiger partial charge < -0.3 is 10.3 Å². The lowest BCUT2D eigenvalue weighted by Crippen LogP contribution is -1.89. The van der Waals surface area contributed by atoms with Gasteiger partial charge in [-0.25, -0.2) is 0 Å². The van der Waals surface area contributed by atoms with E-state index in [2.05, 4.69) is 32.1 Å². The van der Waals surface area contributed by atoms with Gasteiger partial charge in [-0.05, 0) is 45.6 Å². The Hall–Kier alpha value is -1.66. The van der Waals surface area contributed by atoms with Crippen LogP contribution in [0.5, 0.6) is 0 Å². The zero-order valence-electron chi connectivity index (χ0n) is 9.84. The number of thiophene rings is 1. The number of halogens is 1. The molecule has 0 unspecified atom stereocenters. The fraction of sp³-hybridized carbons (Fsp3) is 0.0769. The minimum atomic E-state index is 0.491. The van der Waals surface area contributed by atoms with Gasteiger partial charge in [0.15, 0.2) is 5.82 Å².